The summed E-state index contributed by atoms with van der Waals surface area (Å²) >= 11 is 0. The van der Waals surface area contributed by atoms with E-state index in [2.05, 4.69) is 45.0 Å². The second-order valence-electron chi connectivity index (χ2n) is 10.4. The minimum Gasteiger partial charge on any atom is -0.508 e. The van der Waals surface area contributed by atoms with Gasteiger partial charge in [0.1, 0.15) is 28.6 Å². The largest absolute Gasteiger partial charge is 0.508 e. The maximum absolute atomic E-state index is 14.6. The van der Waals surface area contributed by atoms with Gasteiger partial charge in [0, 0.05) is 28.1 Å². The van der Waals surface area contributed by atoms with Gasteiger partial charge in [0.15, 0.2) is 0 Å². The summed E-state index contributed by atoms with van der Waals surface area (Å²) in [4.78, 5) is 16.5. The summed E-state index contributed by atoms with van der Waals surface area (Å²) in [5, 5.41) is 20.4. The summed E-state index contributed by atoms with van der Waals surface area (Å²) in [6.07, 6.45) is 0.697. The second kappa shape index (κ2) is 6.67. The van der Waals surface area contributed by atoms with Crippen LogP contribution in [-0.2, 0) is 15.6 Å². The van der Waals surface area contributed by atoms with Gasteiger partial charge >= 0.3 is 0 Å². The van der Waals surface area contributed by atoms with E-state index in [-0.39, 0.29) is 34.3 Å². The maximum Gasteiger partial charge on any atom is 0.248 e. The topological polar surface area (TPSA) is 99.6 Å². The molecule has 1 spiro atoms. The zero-order chi connectivity index (χ0) is 24.8. The molecule has 35 heavy (non-hydrogen) atoms. The molecule has 0 saturated heterocycles. The number of carbonyl (C=O) groups is 1. The smallest absolute Gasteiger partial charge is 0.248 e. The van der Waals surface area contributed by atoms with E-state index >= 15 is 0 Å². The fourth-order valence-corrected chi connectivity index (χ4v) is 6.63. The van der Waals surface area contributed by atoms with E-state index in [0.717, 1.165) is 11.3 Å². The number of carbonyl (C=O) groups excluding carboxylic acids is 1. The Bertz CT molecular complexity index is 1500. The van der Waals surface area contributed by atoms with E-state index in [1.165, 1.54) is 17.7 Å². The van der Waals surface area contributed by atoms with Crippen molar-refractivity contribution in [3.63, 3.8) is 0 Å². The van der Waals surface area contributed by atoms with Gasteiger partial charge < -0.3 is 20.5 Å². The van der Waals surface area contributed by atoms with Gasteiger partial charge in [0.25, 0.3) is 0 Å². The quantitative estimate of drug-likeness (QED) is 0.550. The molecule has 1 amide bonds. The second-order valence-corrected chi connectivity index (χ2v) is 10.4. The van der Waals surface area contributed by atoms with Gasteiger partial charge in [0.05, 0.1) is 5.69 Å². The molecule has 0 aliphatic carbocycles. The first-order chi connectivity index (χ1) is 16.7. The Morgan fingerprint density at radius 2 is 1.71 bits per heavy atom. The van der Waals surface area contributed by atoms with Gasteiger partial charge in [-0.15, -0.1) is 0 Å². The van der Waals surface area contributed by atoms with E-state index < -0.39 is 11.0 Å². The number of ether oxygens (including phenoxy) is 1. The molecule has 6 heteroatoms. The molecular formula is C29H25N3O3. The molecular weight excluding hydrogens is 438 g/mol. The lowest BCUT2D eigenvalue weighted by Gasteiger charge is -2.50. The zero-order valence-electron chi connectivity index (χ0n) is 19.8. The summed E-state index contributed by atoms with van der Waals surface area (Å²) in [7, 11) is 0. The van der Waals surface area contributed by atoms with Crippen molar-refractivity contribution < 1.29 is 14.6 Å². The number of anilines is 1. The van der Waals surface area contributed by atoms with Gasteiger partial charge in [-0.3, -0.25) is 4.79 Å². The van der Waals surface area contributed by atoms with Crippen LogP contribution in [0.15, 0.2) is 78.2 Å². The van der Waals surface area contributed by atoms with E-state index in [1.807, 2.05) is 35.2 Å². The van der Waals surface area contributed by atoms with Crippen molar-refractivity contribution >= 4 is 11.6 Å². The van der Waals surface area contributed by atoms with Crippen LogP contribution in [0.1, 0.15) is 49.4 Å². The van der Waals surface area contributed by atoms with Crippen molar-refractivity contribution in [3.05, 3.63) is 100 Å². The fourth-order valence-electron chi connectivity index (χ4n) is 6.63. The average Bonchev–Trinajstić information content (AvgIpc) is 3.08. The molecule has 0 fully saturated rings. The summed E-state index contributed by atoms with van der Waals surface area (Å²) in [5.41, 5.74) is 8.21. The van der Waals surface area contributed by atoms with E-state index in [1.54, 1.807) is 6.07 Å². The van der Waals surface area contributed by atoms with Gasteiger partial charge in [-0.2, -0.15) is 5.26 Å². The molecule has 3 aliphatic heterocycles. The van der Waals surface area contributed by atoms with Crippen LogP contribution in [-0.4, -0.2) is 16.6 Å². The van der Waals surface area contributed by atoms with Crippen molar-refractivity contribution in [1.29, 1.82) is 5.26 Å². The van der Waals surface area contributed by atoms with Crippen molar-refractivity contribution in [1.82, 2.24) is 0 Å². The van der Waals surface area contributed by atoms with Crippen LogP contribution in [0.4, 0.5) is 5.69 Å². The van der Waals surface area contributed by atoms with Gasteiger partial charge in [-0.25, -0.2) is 0 Å². The fraction of sp³-hybridized carbons (Fsp3) is 0.241. The Labute approximate surface area is 203 Å². The molecule has 3 aliphatic rings. The molecule has 3 aromatic carbocycles. The minimum atomic E-state index is -1.45. The number of hydrogen-bond donors (Lipinski definition) is 2. The number of hydrogen-bond acceptors (Lipinski definition) is 5. The Balaban J connectivity index is 1.75. The molecule has 0 radical (unpaired) electrons. The monoisotopic (exact) mass is 463 g/mol. The van der Waals surface area contributed by atoms with Crippen LogP contribution in [0.5, 0.6) is 11.5 Å². The number of para-hydroxylation sites is 1. The lowest BCUT2D eigenvalue weighted by atomic mass is 9.64. The SMILES string of the molecule is CC1(C)C[C@](C)(c2ccccc2)c2cccc3c2N1C(=O)[C@]31C(C#N)=C(N)Oc2cc(O)ccc21. The summed E-state index contributed by atoms with van der Waals surface area (Å²) < 4.78 is 5.75. The number of fused-ring (bicyclic) bond motifs is 3. The van der Waals surface area contributed by atoms with Crippen LogP contribution >= 0.6 is 0 Å². The zero-order valence-corrected chi connectivity index (χ0v) is 19.8. The molecule has 3 N–H and O–H groups in total. The van der Waals surface area contributed by atoms with Crippen molar-refractivity contribution in [2.45, 2.75) is 43.6 Å². The number of phenolic OH excluding ortho intramolecular Hbond substituents is 1. The first-order valence-corrected chi connectivity index (χ1v) is 11.6. The average molecular weight is 464 g/mol. The Hall–Kier alpha value is -4.24. The predicted molar refractivity (Wildman–Crippen MR) is 132 cm³/mol. The molecule has 6 nitrogen and oxygen atoms in total. The summed E-state index contributed by atoms with van der Waals surface area (Å²) in [5.74, 6) is -0.0876. The number of amides is 1. The standard InChI is InChI=1S/C29H25N3O3/c1-27(2)16-28(3,17-8-5-4-6-9-17)20-10-7-11-21-24(20)32(27)26(34)29(21)19-13-12-18(33)14-23(19)35-25(31)22(29)15-30/h4-14,33H,16,31H2,1-3H3/t28-,29+/m1/s1. The molecule has 0 bridgehead atoms. The molecule has 2 atom stereocenters. The number of phenols is 1. The molecule has 3 aromatic rings. The lowest BCUT2D eigenvalue weighted by Crippen LogP contribution is -2.57. The highest BCUT2D eigenvalue weighted by atomic mass is 16.5. The number of nitrogens with zero attached hydrogens (tertiary/aromatic N) is 2. The maximum atomic E-state index is 14.6. The highest BCUT2D eigenvalue weighted by molar-refractivity contribution is 6.16. The number of nitriles is 1. The normalized spacial score (nSPS) is 25.7. The third-order valence-electron chi connectivity index (χ3n) is 7.91. The van der Waals surface area contributed by atoms with Crippen molar-refractivity contribution in [3.8, 4) is 17.6 Å². The van der Waals surface area contributed by atoms with Gasteiger partial charge in [0.2, 0.25) is 11.8 Å². The molecule has 0 unspecified atom stereocenters. The van der Waals surface area contributed by atoms with E-state index in [9.17, 15) is 15.2 Å². The minimum absolute atomic E-state index is 0.00955. The molecule has 0 aromatic heterocycles. The molecule has 6 rings (SSSR count). The molecule has 0 saturated carbocycles. The number of nitrogens with two attached hydrogens (primary N) is 1. The first kappa shape index (κ1) is 21.3. The van der Waals surface area contributed by atoms with Crippen LogP contribution in [0.25, 0.3) is 0 Å². The highest BCUT2D eigenvalue weighted by Gasteiger charge is 2.64. The Morgan fingerprint density at radius 3 is 2.43 bits per heavy atom. The van der Waals surface area contributed by atoms with Crippen LogP contribution in [0, 0.1) is 11.3 Å². The van der Waals surface area contributed by atoms with Crippen LogP contribution in [0.2, 0.25) is 0 Å². The number of aromatic hydroxyl groups is 1. The third-order valence-corrected chi connectivity index (χ3v) is 7.91. The molecule has 174 valence electrons. The number of rotatable bonds is 1. The van der Waals surface area contributed by atoms with E-state index in [0.29, 0.717) is 17.5 Å². The third kappa shape index (κ3) is 2.45. The van der Waals surface area contributed by atoms with Crippen molar-refractivity contribution in [2.75, 3.05) is 4.90 Å². The predicted octanol–water partition coefficient (Wildman–Crippen LogP) is 4.60. The first-order valence-electron chi connectivity index (χ1n) is 11.6. The number of benzene rings is 3. The Kier molecular flexibility index (Phi) is 4.06. The van der Waals surface area contributed by atoms with Crippen molar-refractivity contribution in [2.24, 2.45) is 5.73 Å². The van der Waals surface area contributed by atoms with Crippen LogP contribution < -0.4 is 15.4 Å². The lowest BCUT2D eigenvalue weighted by molar-refractivity contribution is -0.122. The van der Waals surface area contributed by atoms with Gasteiger partial charge in [-0.05, 0) is 43.5 Å². The summed E-state index contributed by atoms with van der Waals surface area (Å²) in [6.45, 7) is 6.36. The highest BCUT2D eigenvalue weighted by Crippen LogP contribution is 2.62. The Morgan fingerprint density at radius 1 is 1.00 bits per heavy atom. The molecule has 3 heterocycles. The van der Waals surface area contributed by atoms with Gasteiger partial charge in [-0.1, -0.05) is 55.5 Å². The van der Waals surface area contributed by atoms with Crippen LogP contribution in [0.3, 0.4) is 0 Å². The summed E-state index contributed by atoms with van der Waals surface area (Å²) in [6, 6.07) is 23.1. The van der Waals surface area contributed by atoms with E-state index in [4.69, 9.17) is 10.5 Å².